The Morgan fingerprint density at radius 3 is 1.91 bits per heavy atom. The molecule has 0 unspecified atom stereocenters. The first-order chi connectivity index (χ1) is 15.9. The molecule has 1 aliphatic rings. The number of imide groups is 1. The zero-order valence-corrected chi connectivity index (χ0v) is 18.2. The van der Waals surface area contributed by atoms with Gasteiger partial charge in [0, 0.05) is 11.7 Å². The highest BCUT2D eigenvalue weighted by molar-refractivity contribution is 6.34. The molecule has 1 heterocycles. The van der Waals surface area contributed by atoms with Gasteiger partial charge in [-0.15, -0.1) is 0 Å². The van der Waals surface area contributed by atoms with Crippen LogP contribution in [-0.4, -0.2) is 36.3 Å². The fourth-order valence-corrected chi connectivity index (χ4v) is 3.77. The normalized spacial score (nSPS) is 12.6. The molecule has 0 saturated heterocycles. The number of hydrogen-bond donors (Lipinski definition) is 0. The summed E-state index contributed by atoms with van der Waals surface area (Å²) in [4.78, 5) is 53.0. The Kier molecular flexibility index (Phi) is 6.04. The molecule has 0 aliphatic carbocycles. The molecule has 0 aromatic heterocycles. The average molecular weight is 442 g/mol. The maximum absolute atomic E-state index is 12.7. The average Bonchev–Trinajstić information content (AvgIpc) is 3.08. The van der Waals surface area contributed by atoms with E-state index in [1.54, 1.807) is 29.2 Å². The Bertz CT molecular complexity index is 1180. The summed E-state index contributed by atoms with van der Waals surface area (Å²) in [5.41, 5.74) is 1.97. The highest BCUT2D eigenvalue weighted by atomic mass is 16.5. The van der Waals surface area contributed by atoms with Gasteiger partial charge in [-0.25, -0.2) is 9.69 Å². The fraction of sp³-hybridized carbons (Fsp3) is 0.154. The van der Waals surface area contributed by atoms with Crippen LogP contribution in [0.4, 0.5) is 11.4 Å². The van der Waals surface area contributed by atoms with Crippen LogP contribution in [0.15, 0.2) is 78.9 Å². The number of para-hydroxylation sites is 1. The van der Waals surface area contributed by atoms with Crippen LogP contribution < -0.4 is 9.80 Å². The van der Waals surface area contributed by atoms with E-state index in [0.29, 0.717) is 16.8 Å². The van der Waals surface area contributed by atoms with E-state index >= 15 is 0 Å². The van der Waals surface area contributed by atoms with Gasteiger partial charge in [-0.3, -0.25) is 14.4 Å². The molecule has 166 valence electrons. The zero-order valence-electron chi connectivity index (χ0n) is 18.2. The molecule has 3 aromatic carbocycles. The van der Waals surface area contributed by atoms with E-state index < -0.39 is 24.4 Å². The van der Waals surface area contributed by atoms with Crippen molar-refractivity contribution in [3.63, 3.8) is 0 Å². The van der Waals surface area contributed by atoms with Gasteiger partial charge in [-0.2, -0.15) is 0 Å². The van der Waals surface area contributed by atoms with Crippen molar-refractivity contribution >= 4 is 35.1 Å². The van der Waals surface area contributed by atoms with Crippen molar-refractivity contribution in [2.75, 3.05) is 16.4 Å². The number of amides is 3. The Labute approximate surface area is 191 Å². The van der Waals surface area contributed by atoms with Crippen molar-refractivity contribution in [1.82, 2.24) is 0 Å². The maximum atomic E-state index is 12.7. The lowest BCUT2D eigenvalue weighted by atomic mass is 10.1. The molecule has 7 heteroatoms. The van der Waals surface area contributed by atoms with Gasteiger partial charge >= 0.3 is 5.97 Å². The Balaban J connectivity index is 1.43. The van der Waals surface area contributed by atoms with E-state index in [2.05, 4.69) is 0 Å². The summed E-state index contributed by atoms with van der Waals surface area (Å²) in [5.74, 6) is -1.83. The van der Waals surface area contributed by atoms with E-state index in [1.165, 1.54) is 24.3 Å². The van der Waals surface area contributed by atoms with Crippen LogP contribution in [0, 0.1) is 0 Å². The standard InChI is InChI=1S/C26H22N2O5/c1-17(2)27(19-8-4-3-5-9-19)23(29)16-33-26(32)18-12-14-20(15-13-18)28-24(30)21-10-6-7-11-22(21)25(28)31/h3-15,17H,16H2,1-2H3. The van der Waals surface area contributed by atoms with Crippen LogP contribution in [-0.2, 0) is 9.53 Å². The zero-order chi connectivity index (χ0) is 23.5. The quantitative estimate of drug-likeness (QED) is 0.424. The molecule has 4 rings (SSSR count). The van der Waals surface area contributed by atoms with Crippen molar-refractivity contribution in [1.29, 1.82) is 0 Å². The van der Waals surface area contributed by atoms with Gasteiger partial charge in [0.05, 0.1) is 22.4 Å². The number of nitrogens with zero attached hydrogens (tertiary/aromatic N) is 2. The fourth-order valence-electron chi connectivity index (χ4n) is 3.77. The minimum atomic E-state index is -0.672. The number of esters is 1. The second kappa shape index (κ2) is 9.08. The molecule has 33 heavy (non-hydrogen) atoms. The third-order valence-corrected chi connectivity index (χ3v) is 5.30. The van der Waals surface area contributed by atoms with Gasteiger partial charge in [0.2, 0.25) is 0 Å². The third-order valence-electron chi connectivity index (χ3n) is 5.30. The summed E-state index contributed by atoms with van der Waals surface area (Å²) in [6.07, 6.45) is 0. The maximum Gasteiger partial charge on any atom is 0.338 e. The smallest absolute Gasteiger partial charge is 0.338 e. The highest BCUT2D eigenvalue weighted by Crippen LogP contribution is 2.28. The number of benzene rings is 3. The van der Waals surface area contributed by atoms with Crippen molar-refractivity contribution in [3.8, 4) is 0 Å². The predicted molar refractivity (Wildman–Crippen MR) is 123 cm³/mol. The van der Waals surface area contributed by atoms with Crippen LogP contribution in [0.2, 0.25) is 0 Å². The Morgan fingerprint density at radius 1 is 0.818 bits per heavy atom. The second-order valence-electron chi connectivity index (χ2n) is 7.81. The van der Waals surface area contributed by atoms with Crippen molar-refractivity contribution in [2.24, 2.45) is 0 Å². The predicted octanol–water partition coefficient (Wildman–Crippen LogP) is 4.09. The van der Waals surface area contributed by atoms with Crippen LogP contribution >= 0.6 is 0 Å². The lowest BCUT2D eigenvalue weighted by Crippen LogP contribution is -2.39. The van der Waals surface area contributed by atoms with Crippen LogP contribution in [0.1, 0.15) is 44.9 Å². The largest absolute Gasteiger partial charge is 0.452 e. The third kappa shape index (κ3) is 4.25. The number of carbonyl (C=O) groups is 4. The van der Waals surface area contributed by atoms with Crippen LogP contribution in [0.3, 0.4) is 0 Å². The Morgan fingerprint density at radius 2 is 1.36 bits per heavy atom. The van der Waals surface area contributed by atoms with Crippen molar-refractivity contribution in [3.05, 3.63) is 95.6 Å². The molecule has 3 aromatic rings. The van der Waals surface area contributed by atoms with E-state index in [9.17, 15) is 19.2 Å². The van der Waals surface area contributed by atoms with Crippen molar-refractivity contribution in [2.45, 2.75) is 19.9 Å². The summed E-state index contributed by atoms with van der Waals surface area (Å²) in [6.45, 7) is 3.35. The lowest BCUT2D eigenvalue weighted by Gasteiger charge is -2.26. The van der Waals surface area contributed by atoms with Gasteiger partial charge < -0.3 is 9.64 Å². The number of hydrogen-bond acceptors (Lipinski definition) is 5. The molecule has 3 amide bonds. The Hall–Kier alpha value is -4.26. The number of rotatable bonds is 6. The molecule has 1 aliphatic heterocycles. The van der Waals surface area contributed by atoms with Crippen molar-refractivity contribution < 1.29 is 23.9 Å². The SMILES string of the molecule is CC(C)N(C(=O)COC(=O)c1ccc(N2C(=O)c3ccccc3C2=O)cc1)c1ccccc1. The van der Waals surface area contributed by atoms with Crippen LogP contribution in [0.5, 0.6) is 0 Å². The van der Waals surface area contributed by atoms with E-state index in [0.717, 1.165) is 10.6 Å². The number of fused-ring (bicyclic) bond motifs is 1. The molecule has 0 atom stereocenters. The molecule has 0 N–H and O–H groups in total. The summed E-state index contributed by atoms with van der Waals surface area (Å²) in [7, 11) is 0. The van der Waals surface area contributed by atoms with Gasteiger partial charge in [-0.1, -0.05) is 30.3 Å². The molecular weight excluding hydrogens is 420 g/mol. The molecule has 0 bridgehead atoms. The topological polar surface area (TPSA) is 84.0 Å². The summed E-state index contributed by atoms with van der Waals surface area (Å²) < 4.78 is 5.22. The van der Waals surface area contributed by atoms with Gasteiger partial charge in [0.25, 0.3) is 17.7 Å². The minimum absolute atomic E-state index is 0.113. The first-order valence-corrected chi connectivity index (χ1v) is 10.5. The number of carbonyl (C=O) groups excluding carboxylic acids is 4. The lowest BCUT2D eigenvalue weighted by molar-refractivity contribution is -0.122. The molecule has 0 fully saturated rings. The van der Waals surface area contributed by atoms with E-state index in [-0.39, 0.29) is 17.5 Å². The first kappa shape index (κ1) is 22.0. The molecular formula is C26H22N2O5. The van der Waals surface area contributed by atoms with E-state index in [1.807, 2.05) is 44.2 Å². The molecule has 0 saturated carbocycles. The van der Waals surface area contributed by atoms with Gasteiger partial charge in [0.1, 0.15) is 0 Å². The van der Waals surface area contributed by atoms with Crippen LogP contribution in [0.25, 0.3) is 0 Å². The molecule has 7 nitrogen and oxygen atoms in total. The first-order valence-electron chi connectivity index (χ1n) is 10.5. The number of ether oxygens (including phenoxy) is 1. The highest BCUT2D eigenvalue weighted by Gasteiger charge is 2.36. The summed E-state index contributed by atoms with van der Waals surface area (Å²) in [5, 5.41) is 0. The van der Waals surface area contributed by atoms with Gasteiger partial charge in [-0.05, 0) is 62.4 Å². The monoisotopic (exact) mass is 442 g/mol. The minimum Gasteiger partial charge on any atom is -0.452 e. The van der Waals surface area contributed by atoms with E-state index in [4.69, 9.17) is 4.74 Å². The molecule has 0 spiro atoms. The summed E-state index contributed by atoms with van der Waals surface area (Å²) in [6, 6.07) is 21.6. The molecule has 0 radical (unpaired) electrons. The van der Waals surface area contributed by atoms with Gasteiger partial charge in [0.15, 0.2) is 6.61 Å². The second-order valence-corrected chi connectivity index (χ2v) is 7.81. The number of anilines is 2. The summed E-state index contributed by atoms with van der Waals surface area (Å²) >= 11 is 0.